The number of hydrazone groups is 1. The van der Waals surface area contributed by atoms with Gasteiger partial charge in [-0.2, -0.15) is 10.1 Å². The number of hydrogen-bond donors (Lipinski definition) is 1. The van der Waals surface area contributed by atoms with Crippen LogP contribution in [0.1, 0.15) is 12.0 Å². The topological polar surface area (TPSA) is 70.0 Å². The van der Waals surface area contributed by atoms with Crippen molar-refractivity contribution in [2.24, 2.45) is 40.6 Å². The van der Waals surface area contributed by atoms with Crippen molar-refractivity contribution in [1.82, 2.24) is 5.01 Å². The summed E-state index contributed by atoms with van der Waals surface area (Å²) in [5.41, 5.74) is 0.707. The van der Waals surface area contributed by atoms with Crippen LogP contribution in [0, 0.1) is 35.5 Å². The van der Waals surface area contributed by atoms with Crippen molar-refractivity contribution in [2.45, 2.75) is 6.42 Å². The second kappa shape index (κ2) is 4.79. The lowest BCUT2D eigenvalue weighted by atomic mass is 9.63. The molecule has 24 heavy (non-hydrogen) atoms. The van der Waals surface area contributed by atoms with Gasteiger partial charge in [0, 0.05) is 0 Å². The smallest absolute Gasteiger partial charge is 0.254 e. The van der Waals surface area contributed by atoms with Gasteiger partial charge in [0.05, 0.1) is 22.5 Å². The third-order valence-corrected chi connectivity index (χ3v) is 6.57. The van der Waals surface area contributed by atoms with Crippen molar-refractivity contribution in [3.8, 4) is 5.75 Å². The molecule has 122 valence electrons. The number of aromatic hydroxyl groups is 1. The average molecular weight is 387 g/mol. The summed E-state index contributed by atoms with van der Waals surface area (Å²) in [4.78, 5) is 25.5. The lowest BCUT2D eigenvalue weighted by molar-refractivity contribution is -0.140. The zero-order chi connectivity index (χ0) is 16.6. The van der Waals surface area contributed by atoms with E-state index in [1.165, 1.54) is 12.3 Å². The lowest BCUT2D eigenvalue weighted by Crippen LogP contribution is -2.40. The minimum Gasteiger partial charge on any atom is -0.507 e. The van der Waals surface area contributed by atoms with E-state index in [1.54, 1.807) is 12.1 Å². The van der Waals surface area contributed by atoms with E-state index in [0.29, 0.717) is 21.9 Å². The van der Waals surface area contributed by atoms with Gasteiger partial charge in [0.15, 0.2) is 0 Å². The quantitative estimate of drug-likeness (QED) is 0.482. The Morgan fingerprint density at radius 1 is 1.12 bits per heavy atom. The van der Waals surface area contributed by atoms with Gasteiger partial charge >= 0.3 is 0 Å². The number of phenolic OH excluding ortho intramolecular Hbond substituents is 1. The summed E-state index contributed by atoms with van der Waals surface area (Å²) in [6.45, 7) is 0. The molecule has 5 aliphatic rings. The number of amides is 2. The first kappa shape index (κ1) is 14.4. The van der Waals surface area contributed by atoms with Gasteiger partial charge in [-0.15, -0.1) is 0 Å². The summed E-state index contributed by atoms with van der Waals surface area (Å²) in [6, 6.07) is 4.91. The molecule has 1 N–H and O–H groups in total. The van der Waals surface area contributed by atoms with E-state index >= 15 is 0 Å². The first-order valence-electron chi connectivity index (χ1n) is 8.15. The molecule has 1 aliphatic heterocycles. The van der Waals surface area contributed by atoms with Crippen LogP contribution in [-0.4, -0.2) is 28.1 Å². The first-order valence-corrected chi connectivity index (χ1v) is 8.94. The molecule has 6 unspecified atom stereocenters. The largest absolute Gasteiger partial charge is 0.507 e. The van der Waals surface area contributed by atoms with Crippen LogP contribution in [-0.2, 0) is 9.59 Å². The fourth-order valence-electron chi connectivity index (χ4n) is 4.78. The van der Waals surface area contributed by atoms with Crippen LogP contribution in [0.2, 0.25) is 0 Å². The minimum absolute atomic E-state index is 0.133. The third-order valence-electron chi connectivity index (χ3n) is 5.93. The van der Waals surface area contributed by atoms with E-state index in [0.717, 1.165) is 11.4 Å². The van der Waals surface area contributed by atoms with Gasteiger partial charge < -0.3 is 5.11 Å². The zero-order valence-electron chi connectivity index (χ0n) is 12.7. The monoisotopic (exact) mass is 386 g/mol. The number of benzene rings is 1. The van der Waals surface area contributed by atoms with Gasteiger partial charge in [-0.1, -0.05) is 12.2 Å². The van der Waals surface area contributed by atoms with Gasteiger partial charge in [-0.3, -0.25) is 9.59 Å². The highest BCUT2D eigenvalue weighted by Gasteiger charge is 2.67. The average Bonchev–Trinajstić information content (AvgIpc) is 3.35. The van der Waals surface area contributed by atoms with Crippen LogP contribution >= 0.6 is 15.9 Å². The van der Waals surface area contributed by atoms with Crippen molar-refractivity contribution in [3.05, 3.63) is 40.4 Å². The second-order valence-electron chi connectivity index (χ2n) is 7.10. The lowest BCUT2D eigenvalue weighted by Gasteiger charge is -2.37. The number of carbonyl (C=O) groups is 2. The number of halogens is 1. The van der Waals surface area contributed by atoms with Crippen molar-refractivity contribution in [3.63, 3.8) is 0 Å². The van der Waals surface area contributed by atoms with E-state index in [9.17, 15) is 14.7 Å². The molecule has 0 radical (unpaired) electrons. The van der Waals surface area contributed by atoms with E-state index in [4.69, 9.17) is 0 Å². The van der Waals surface area contributed by atoms with Crippen LogP contribution in [0.25, 0.3) is 0 Å². The van der Waals surface area contributed by atoms with Crippen molar-refractivity contribution < 1.29 is 14.7 Å². The number of imide groups is 1. The molecule has 3 fully saturated rings. The Balaban J connectivity index is 1.44. The van der Waals surface area contributed by atoms with Crippen molar-refractivity contribution >= 4 is 34.0 Å². The molecule has 0 spiro atoms. The number of rotatable bonds is 2. The number of phenols is 1. The molecule has 2 amide bonds. The number of hydrogen-bond acceptors (Lipinski definition) is 4. The molecule has 2 bridgehead atoms. The predicted octanol–water partition coefficient (Wildman–Crippen LogP) is 2.54. The molecule has 1 heterocycles. The second-order valence-corrected chi connectivity index (χ2v) is 7.95. The Morgan fingerprint density at radius 2 is 1.75 bits per heavy atom. The minimum atomic E-state index is -0.222. The highest BCUT2D eigenvalue weighted by Crippen LogP contribution is 2.65. The van der Waals surface area contributed by atoms with Gasteiger partial charge in [0.25, 0.3) is 11.8 Å². The van der Waals surface area contributed by atoms with Crippen molar-refractivity contribution in [2.75, 3.05) is 0 Å². The first-order chi connectivity index (χ1) is 11.6. The number of allylic oxidation sites excluding steroid dienone is 2. The van der Waals surface area contributed by atoms with E-state index in [2.05, 4.69) is 33.2 Å². The predicted molar refractivity (Wildman–Crippen MR) is 90.0 cm³/mol. The SMILES string of the molecule is O=C1C2C3C=CC(C4CC34)C2C(=O)N1/N=C/c1ccc(O)c(Br)c1. The third kappa shape index (κ3) is 1.83. The summed E-state index contributed by atoms with van der Waals surface area (Å²) in [5.74, 6) is 0.972. The maximum atomic E-state index is 12.8. The highest BCUT2D eigenvalue weighted by atomic mass is 79.9. The Bertz CT molecular complexity index is 798. The standard InChI is InChI=1S/C18H15BrN2O3/c19-13-5-8(1-4-14(13)22)7-20-21-17(23)15-9-2-3-10(12-6-11(9)12)16(15)18(21)24/h1-5,7,9-12,15-16,22H,6H2/b20-7+. The summed E-state index contributed by atoms with van der Waals surface area (Å²) in [7, 11) is 0. The molecule has 6 heteroatoms. The van der Waals surface area contributed by atoms with E-state index in [1.807, 2.05) is 0 Å². The van der Waals surface area contributed by atoms with Gasteiger partial charge in [-0.25, -0.2) is 0 Å². The molecule has 1 aromatic rings. The van der Waals surface area contributed by atoms with Crippen LogP contribution in [0.4, 0.5) is 0 Å². The molecule has 6 atom stereocenters. The molecule has 1 saturated heterocycles. The molecule has 5 nitrogen and oxygen atoms in total. The summed E-state index contributed by atoms with van der Waals surface area (Å²) < 4.78 is 0.543. The summed E-state index contributed by atoms with van der Waals surface area (Å²) in [6.07, 6.45) is 6.94. The van der Waals surface area contributed by atoms with Crippen LogP contribution in [0.5, 0.6) is 5.75 Å². The van der Waals surface area contributed by atoms with Gasteiger partial charge in [-0.05, 0) is 69.8 Å². The fourth-order valence-corrected chi connectivity index (χ4v) is 5.18. The zero-order valence-corrected chi connectivity index (χ0v) is 14.3. The fraction of sp³-hybridized carbons (Fsp3) is 0.389. The maximum Gasteiger partial charge on any atom is 0.254 e. The number of nitrogens with zero attached hydrogens (tertiary/aromatic N) is 2. The molecule has 0 aromatic heterocycles. The van der Waals surface area contributed by atoms with Gasteiger partial charge in [0.1, 0.15) is 5.75 Å². The Labute approximate surface area is 147 Å². The molecule has 1 aromatic carbocycles. The van der Waals surface area contributed by atoms with Crippen LogP contribution in [0.15, 0.2) is 39.9 Å². The number of carbonyl (C=O) groups excluding carboxylic acids is 2. The normalized spacial score (nSPS) is 38.8. The maximum absolute atomic E-state index is 12.8. The highest BCUT2D eigenvalue weighted by molar-refractivity contribution is 9.10. The van der Waals surface area contributed by atoms with Crippen LogP contribution in [0.3, 0.4) is 0 Å². The molecule has 6 rings (SSSR count). The summed E-state index contributed by atoms with van der Waals surface area (Å²) in [5, 5.41) is 14.8. The van der Waals surface area contributed by atoms with E-state index in [-0.39, 0.29) is 41.2 Å². The molecule has 4 aliphatic carbocycles. The Kier molecular flexibility index (Phi) is 2.87. The Hall–Kier alpha value is -1.95. The van der Waals surface area contributed by atoms with Crippen molar-refractivity contribution in [1.29, 1.82) is 0 Å². The van der Waals surface area contributed by atoms with Crippen LogP contribution < -0.4 is 0 Å². The van der Waals surface area contributed by atoms with Gasteiger partial charge in [0.2, 0.25) is 0 Å². The molecule has 2 saturated carbocycles. The molecular weight excluding hydrogens is 372 g/mol. The summed E-state index contributed by atoms with van der Waals surface area (Å²) >= 11 is 3.24. The van der Waals surface area contributed by atoms with E-state index < -0.39 is 0 Å². The Morgan fingerprint density at radius 3 is 2.33 bits per heavy atom. The molecular formula is C18H15BrN2O3.